The average Bonchev–Trinajstić information content (AvgIpc) is 2.41. The van der Waals surface area contributed by atoms with Crippen molar-refractivity contribution in [2.75, 3.05) is 5.32 Å². The lowest BCUT2D eigenvalue weighted by Gasteiger charge is -2.11. The van der Waals surface area contributed by atoms with Crippen LogP contribution in [-0.4, -0.2) is 8.42 Å². The SMILES string of the molecule is C=C(Cc1ccccc1)Nc1ccc(S(N)(=O)=O)cc1F. The number of hydrogen-bond donors (Lipinski definition) is 2. The van der Waals surface area contributed by atoms with Crippen molar-refractivity contribution in [2.45, 2.75) is 11.3 Å². The molecule has 3 N–H and O–H groups in total. The predicted molar refractivity (Wildman–Crippen MR) is 80.7 cm³/mol. The molecule has 0 saturated heterocycles. The maximum absolute atomic E-state index is 13.9. The Morgan fingerprint density at radius 3 is 2.43 bits per heavy atom. The maximum atomic E-state index is 13.9. The average molecular weight is 306 g/mol. The number of primary sulfonamides is 1. The highest BCUT2D eigenvalue weighted by Gasteiger charge is 2.11. The molecular formula is C15H15FN2O2S. The van der Waals surface area contributed by atoms with E-state index in [2.05, 4.69) is 11.9 Å². The van der Waals surface area contributed by atoms with Crippen LogP contribution in [0.15, 0.2) is 65.7 Å². The standard InChI is InChI=1S/C15H15FN2O2S/c1-11(9-12-5-3-2-4-6-12)18-15-8-7-13(10-14(15)16)21(17,19)20/h2-8,10,18H,1,9H2,(H2,17,19,20). The van der Waals surface area contributed by atoms with Crippen LogP contribution in [0.4, 0.5) is 10.1 Å². The van der Waals surface area contributed by atoms with Crippen molar-refractivity contribution in [3.63, 3.8) is 0 Å². The molecule has 0 radical (unpaired) electrons. The summed E-state index contributed by atoms with van der Waals surface area (Å²) in [4.78, 5) is -0.265. The van der Waals surface area contributed by atoms with Gasteiger partial charge in [0, 0.05) is 12.1 Å². The third-order valence-corrected chi connectivity index (χ3v) is 3.75. The summed E-state index contributed by atoms with van der Waals surface area (Å²) in [7, 11) is -3.91. The topological polar surface area (TPSA) is 72.2 Å². The van der Waals surface area contributed by atoms with Crippen LogP contribution in [-0.2, 0) is 16.4 Å². The van der Waals surface area contributed by atoms with Crippen LogP contribution in [0.25, 0.3) is 0 Å². The molecule has 2 aromatic carbocycles. The van der Waals surface area contributed by atoms with Gasteiger partial charge in [0.15, 0.2) is 0 Å². The molecule has 0 saturated carbocycles. The van der Waals surface area contributed by atoms with Crippen LogP contribution in [0.3, 0.4) is 0 Å². The number of allylic oxidation sites excluding steroid dienone is 1. The van der Waals surface area contributed by atoms with Crippen LogP contribution < -0.4 is 10.5 Å². The van der Waals surface area contributed by atoms with E-state index in [0.717, 1.165) is 11.6 Å². The van der Waals surface area contributed by atoms with Gasteiger partial charge in [-0.3, -0.25) is 0 Å². The number of halogens is 1. The molecule has 0 aliphatic rings. The Morgan fingerprint density at radius 2 is 1.86 bits per heavy atom. The Balaban J connectivity index is 2.11. The van der Waals surface area contributed by atoms with Crippen molar-refractivity contribution in [3.05, 3.63) is 72.2 Å². The van der Waals surface area contributed by atoms with Crippen molar-refractivity contribution in [1.29, 1.82) is 0 Å². The summed E-state index contributed by atoms with van der Waals surface area (Å²) in [5.74, 6) is -0.698. The summed E-state index contributed by atoms with van der Waals surface area (Å²) in [6.45, 7) is 3.84. The predicted octanol–water partition coefficient (Wildman–Crippen LogP) is 2.64. The Hall–Kier alpha value is -2.18. The third-order valence-electron chi connectivity index (χ3n) is 2.84. The highest BCUT2D eigenvalue weighted by molar-refractivity contribution is 7.89. The lowest BCUT2D eigenvalue weighted by molar-refractivity contribution is 0.593. The molecule has 0 amide bonds. The van der Waals surface area contributed by atoms with E-state index in [4.69, 9.17) is 5.14 Å². The normalized spacial score (nSPS) is 11.1. The van der Waals surface area contributed by atoms with E-state index in [-0.39, 0.29) is 10.6 Å². The molecule has 110 valence electrons. The number of nitrogens with one attached hydrogen (secondary N) is 1. The van der Waals surface area contributed by atoms with E-state index < -0.39 is 15.8 Å². The van der Waals surface area contributed by atoms with Crippen LogP contribution in [0.2, 0.25) is 0 Å². The molecule has 0 unspecified atom stereocenters. The van der Waals surface area contributed by atoms with Gasteiger partial charge in [0.1, 0.15) is 5.82 Å². The fourth-order valence-corrected chi connectivity index (χ4v) is 2.38. The quantitative estimate of drug-likeness (QED) is 0.892. The minimum absolute atomic E-state index is 0.156. The number of benzene rings is 2. The van der Waals surface area contributed by atoms with Gasteiger partial charge in [0.2, 0.25) is 10.0 Å². The minimum atomic E-state index is -3.91. The fourth-order valence-electron chi connectivity index (χ4n) is 1.85. The van der Waals surface area contributed by atoms with Gasteiger partial charge in [-0.1, -0.05) is 36.9 Å². The first-order chi connectivity index (χ1) is 9.86. The van der Waals surface area contributed by atoms with Gasteiger partial charge in [-0.05, 0) is 23.8 Å². The molecule has 2 rings (SSSR count). The molecular weight excluding hydrogens is 291 g/mol. The number of hydrogen-bond acceptors (Lipinski definition) is 3. The second-order valence-corrected chi connectivity index (χ2v) is 6.14. The van der Waals surface area contributed by atoms with Gasteiger partial charge in [0.05, 0.1) is 10.6 Å². The second kappa shape index (κ2) is 6.07. The van der Waals surface area contributed by atoms with Crippen LogP contribution in [0.5, 0.6) is 0 Å². The molecule has 0 bridgehead atoms. The molecule has 0 aliphatic carbocycles. The zero-order valence-corrected chi connectivity index (χ0v) is 12.0. The molecule has 6 heteroatoms. The van der Waals surface area contributed by atoms with E-state index >= 15 is 0 Å². The number of rotatable bonds is 5. The largest absolute Gasteiger partial charge is 0.357 e. The Kier molecular flexibility index (Phi) is 4.40. The molecule has 0 heterocycles. The van der Waals surface area contributed by atoms with Crippen LogP contribution in [0.1, 0.15) is 5.56 Å². The Bertz CT molecular complexity index is 758. The lowest BCUT2D eigenvalue weighted by atomic mass is 10.1. The van der Waals surface area contributed by atoms with Crippen molar-refractivity contribution in [1.82, 2.24) is 0 Å². The van der Waals surface area contributed by atoms with Crippen molar-refractivity contribution >= 4 is 15.7 Å². The van der Waals surface area contributed by atoms with Gasteiger partial charge in [-0.25, -0.2) is 17.9 Å². The number of sulfonamides is 1. The first-order valence-corrected chi connectivity index (χ1v) is 7.72. The van der Waals surface area contributed by atoms with Gasteiger partial charge >= 0.3 is 0 Å². The van der Waals surface area contributed by atoms with Gasteiger partial charge in [0.25, 0.3) is 0 Å². The zero-order chi connectivity index (χ0) is 15.5. The molecule has 0 aliphatic heterocycles. The van der Waals surface area contributed by atoms with Crippen LogP contribution in [0, 0.1) is 5.82 Å². The summed E-state index contributed by atoms with van der Waals surface area (Å²) in [6.07, 6.45) is 0.539. The van der Waals surface area contributed by atoms with Crippen molar-refractivity contribution < 1.29 is 12.8 Å². The molecule has 4 nitrogen and oxygen atoms in total. The summed E-state index contributed by atoms with van der Waals surface area (Å²) in [5, 5.41) is 7.78. The second-order valence-electron chi connectivity index (χ2n) is 4.58. The van der Waals surface area contributed by atoms with E-state index in [1.54, 1.807) is 0 Å². The first-order valence-electron chi connectivity index (χ1n) is 6.17. The maximum Gasteiger partial charge on any atom is 0.238 e. The molecule has 0 atom stereocenters. The molecule has 21 heavy (non-hydrogen) atoms. The van der Waals surface area contributed by atoms with Crippen molar-refractivity contribution in [2.24, 2.45) is 5.14 Å². The van der Waals surface area contributed by atoms with Gasteiger partial charge in [-0.15, -0.1) is 0 Å². The van der Waals surface area contributed by atoms with Crippen LogP contribution >= 0.6 is 0 Å². The Labute approximate surface area is 123 Å². The molecule has 2 aromatic rings. The molecule has 0 fully saturated rings. The van der Waals surface area contributed by atoms with E-state index in [9.17, 15) is 12.8 Å². The molecule has 0 aromatic heterocycles. The lowest BCUT2D eigenvalue weighted by Crippen LogP contribution is -2.13. The number of nitrogens with two attached hydrogens (primary N) is 1. The summed E-state index contributed by atoms with van der Waals surface area (Å²) in [5.41, 5.74) is 1.79. The Morgan fingerprint density at radius 1 is 1.19 bits per heavy atom. The minimum Gasteiger partial charge on any atom is -0.357 e. The monoisotopic (exact) mass is 306 g/mol. The zero-order valence-electron chi connectivity index (χ0n) is 11.2. The third kappa shape index (κ3) is 4.14. The first kappa shape index (κ1) is 15.2. The van der Waals surface area contributed by atoms with E-state index in [0.29, 0.717) is 12.1 Å². The highest BCUT2D eigenvalue weighted by atomic mass is 32.2. The van der Waals surface area contributed by atoms with Gasteiger partial charge in [-0.2, -0.15) is 0 Å². The fraction of sp³-hybridized carbons (Fsp3) is 0.0667. The number of anilines is 1. The van der Waals surface area contributed by atoms with E-state index in [1.165, 1.54) is 12.1 Å². The smallest absolute Gasteiger partial charge is 0.238 e. The van der Waals surface area contributed by atoms with E-state index in [1.807, 2.05) is 30.3 Å². The highest BCUT2D eigenvalue weighted by Crippen LogP contribution is 2.20. The summed E-state index contributed by atoms with van der Waals surface area (Å²) < 4.78 is 36.1. The van der Waals surface area contributed by atoms with Crippen molar-refractivity contribution in [3.8, 4) is 0 Å². The summed E-state index contributed by atoms with van der Waals surface area (Å²) >= 11 is 0. The molecule has 0 spiro atoms. The summed E-state index contributed by atoms with van der Waals surface area (Å²) in [6, 6.07) is 13.1. The van der Waals surface area contributed by atoms with Gasteiger partial charge < -0.3 is 5.32 Å².